The van der Waals surface area contributed by atoms with Crippen LogP contribution in [0.4, 0.5) is 18.9 Å². The zero-order valence-corrected chi connectivity index (χ0v) is 23.2. The van der Waals surface area contributed by atoms with Gasteiger partial charge in [-0.25, -0.2) is 4.79 Å². The van der Waals surface area contributed by atoms with Crippen LogP contribution in [0.1, 0.15) is 43.0 Å². The van der Waals surface area contributed by atoms with E-state index in [9.17, 15) is 22.8 Å². The van der Waals surface area contributed by atoms with E-state index >= 15 is 0 Å². The van der Waals surface area contributed by atoms with Crippen LogP contribution in [-0.4, -0.2) is 35.1 Å². The quantitative estimate of drug-likeness (QED) is 0.220. The van der Waals surface area contributed by atoms with Crippen LogP contribution in [0.15, 0.2) is 51.6 Å². The molecule has 0 unspecified atom stereocenters. The summed E-state index contributed by atoms with van der Waals surface area (Å²) < 4.78 is 47.1. The second-order valence-electron chi connectivity index (χ2n) is 9.09. The molecule has 2 aliphatic heterocycles. The van der Waals surface area contributed by atoms with Crippen molar-refractivity contribution < 1.29 is 27.5 Å². The van der Waals surface area contributed by atoms with Crippen molar-refractivity contribution in [1.82, 2.24) is 0 Å². The molecule has 0 radical (unpaired) electrons. The molecule has 0 saturated heterocycles. The summed E-state index contributed by atoms with van der Waals surface area (Å²) in [6, 6.07) is 12.7. The van der Waals surface area contributed by atoms with Crippen molar-refractivity contribution >= 4 is 68.6 Å². The Morgan fingerprint density at radius 3 is 2.27 bits per heavy atom. The summed E-state index contributed by atoms with van der Waals surface area (Å²) in [5, 5.41) is 0. The SMILES string of the molecule is CCOC(=O)C1=C(c2ccccc2)S/C(=C2/C(=S)C(C)(C)N(C(=O)C(F)(F)F)c3cc(C)c(C)cc32)S1. The van der Waals surface area contributed by atoms with E-state index in [1.54, 1.807) is 26.0 Å². The largest absolute Gasteiger partial charge is 0.471 e. The lowest BCUT2D eigenvalue weighted by atomic mass is 9.82. The number of hydrogen-bond acceptors (Lipinski definition) is 6. The zero-order valence-electron chi connectivity index (χ0n) is 20.8. The smallest absolute Gasteiger partial charge is 0.462 e. The number of aryl methyl sites for hydroxylation is 2. The number of anilines is 1. The van der Waals surface area contributed by atoms with Crippen LogP contribution in [0.2, 0.25) is 0 Å². The summed E-state index contributed by atoms with van der Waals surface area (Å²) in [6.45, 7) is 8.58. The van der Waals surface area contributed by atoms with E-state index in [-0.39, 0.29) is 17.2 Å². The van der Waals surface area contributed by atoms with Crippen molar-refractivity contribution in [1.29, 1.82) is 0 Å². The normalized spacial score (nSPS) is 19.2. The summed E-state index contributed by atoms with van der Waals surface area (Å²) in [5.74, 6) is -2.46. The lowest BCUT2D eigenvalue weighted by molar-refractivity contribution is -0.171. The summed E-state index contributed by atoms with van der Waals surface area (Å²) in [4.78, 5) is 27.6. The number of thioether (sulfide) groups is 2. The highest BCUT2D eigenvalue weighted by Gasteiger charge is 2.53. The molecule has 2 heterocycles. The van der Waals surface area contributed by atoms with Crippen LogP contribution in [-0.2, 0) is 14.3 Å². The molecule has 1 amide bonds. The Hall–Kier alpha value is -2.56. The predicted octanol–water partition coefficient (Wildman–Crippen LogP) is 7.44. The first-order chi connectivity index (χ1) is 17.3. The Kier molecular flexibility index (Phi) is 7.40. The standard InChI is InChI=1S/C27H24F3NO3S3/c1-6-34-23(32)21-20(16-10-8-7-9-11-16)36-24(37-21)19-17-12-14(2)15(3)13-18(17)31(25(33)27(28,29)30)26(4,5)22(19)35/h7-13H,6H2,1-5H3/b24-19-. The number of fused-ring (bicyclic) bond motifs is 1. The van der Waals surface area contributed by atoms with Gasteiger partial charge in [0, 0.05) is 16.0 Å². The Labute approximate surface area is 227 Å². The van der Waals surface area contributed by atoms with Crippen molar-refractivity contribution in [3.8, 4) is 0 Å². The third kappa shape index (κ3) is 4.86. The summed E-state index contributed by atoms with van der Waals surface area (Å²) in [6.07, 6.45) is -5.08. The number of ether oxygens (including phenoxy) is 1. The number of rotatable bonds is 3. The number of benzene rings is 2. The van der Waals surface area contributed by atoms with E-state index in [1.165, 1.54) is 37.4 Å². The van der Waals surface area contributed by atoms with Crippen LogP contribution in [0.25, 0.3) is 10.5 Å². The van der Waals surface area contributed by atoms with Crippen molar-refractivity contribution in [2.24, 2.45) is 0 Å². The van der Waals surface area contributed by atoms with Crippen molar-refractivity contribution in [2.45, 2.75) is 46.3 Å². The van der Waals surface area contributed by atoms with Gasteiger partial charge in [0.2, 0.25) is 0 Å². The van der Waals surface area contributed by atoms with Gasteiger partial charge in [-0.1, -0.05) is 66.1 Å². The fraction of sp³-hybridized carbons (Fsp3) is 0.296. The number of amides is 1. The van der Waals surface area contributed by atoms with Crippen molar-refractivity contribution in [3.05, 3.63) is 73.9 Å². The molecule has 0 aliphatic carbocycles. The van der Waals surface area contributed by atoms with E-state index in [4.69, 9.17) is 17.0 Å². The molecule has 4 nitrogen and oxygen atoms in total. The Morgan fingerprint density at radius 2 is 1.68 bits per heavy atom. The van der Waals surface area contributed by atoms with Gasteiger partial charge in [0.05, 0.1) is 26.9 Å². The Bertz CT molecular complexity index is 1380. The lowest BCUT2D eigenvalue weighted by Crippen LogP contribution is -2.59. The minimum atomic E-state index is -5.08. The molecule has 0 atom stereocenters. The summed E-state index contributed by atoms with van der Waals surface area (Å²) in [7, 11) is 0. The van der Waals surface area contributed by atoms with E-state index < -0.39 is 23.6 Å². The molecule has 37 heavy (non-hydrogen) atoms. The van der Waals surface area contributed by atoms with E-state index in [1.807, 2.05) is 37.3 Å². The minimum absolute atomic E-state index is 0.138. The topological polar surface area (TPSA) is 46.6 Å². The van der Waals surface area contributed by atoms with Gasteiger partial charge in [-0.05, 0) is 63.4 Å². The van der Waals surface area contributed by atoms with Gasteiger partial charge in [0.15, 0.2) is 0 Å². The third-order valence-electron chi connectivity index (χ3n) is 6.21. The van der Waals surface area contributed by atoms with Gasteiger partial charge in [-0.15, -0.1) is 0 Å². The van der Waals surface area contributed by atoms with Gasteiger partial charge < -0.3 is 4.74 Å². The van der Waals surface area contributed by atoms with Crippen molar-refractivity contribution in [2.75, 3.05) is 11.5 Å². The Balaban J connectivity index is 1.96. The van der Waals surface area contributed by atoms with Gasteiger partial charge in [0.1, 0.15) is 4.91 Å². The Morgan fingerprint density at radius 1 is 1.05 bits per heavy atom. The highest BCUT2D eigenvalue weighted by molar-refractivity contribution is 8.32. The fourth-order valence-corrected chi connectivity index (χ4v) is 7.35. The van der Waals surface area contributed by atoms with E-state index in [0.717, 1.165) is 21.6 Å². The van der Waals surface area contributed by atoms with Crippen LogP contribution >= 0.6 is 35.7 Å². The second-order valence-corrected chi connectivity index (χ2v) is 11.8. The molecule has 10 heteroatoms. The highest BCUT2D eigenvalue weighted by atomic mass is 32.2. The maximum atomic E-state index is 13.7. The van der Waals surface area contributed by atoms with Crippen LogP contribution < -0.4 is 4.90 Å². The molecule has 0 bridgehead atoms. The van der Waals surface area contributed by atoms with Gasteiger partial charge in [0.25, 0.3) is 0 Å². The van der Waals surface area contributed by atoms with E-state index in [2.05, 4.69) is 0 Å². The van der Waals surface area contributed by atoms with Gasteiger partial charge >= 0.3 is 18.1 Å². The highest BCUT2D eigenvalue weighted by Crippen LogP contribution is 2.59. The molecular weight excluding hydrogens is 539 g/mol. The number of esters is 1. The number of carbonyl (C=O) groups excluding carboxylic acids is 2. The molecule has 4 rings (SSSR count). The van der Waals surface area contributed by atoms with Crippen molar-refractivity contribution in [3.63, 3.8) is 0 Å². The molecule has 0 spiro atoms. The summed E-state index contributed by atoms with van der Waals surface area (Å²) in [5.41, 5.74) is 2.05. The molecule has 0 fully saturated rings. The number of thiocarbonyl (C=S) groups is 1. The molecule has 2 aromatic carbocycles. The molecule has 194 valence electrons. The number of nitrogens with zero attached hydrogens (tertiary/aromatic N) is 1. The van der Waals surface area contributed by atoms with Crippen LogP contribution in [0.5, 0.6) is 0 Å². The molecule has 2 aliphatic rings. The van der Waals surface area contributed by atoms with Crippen LogP contribution in [0, 0.1) is 13.8 Å². The van der Waals surface area contributed by atoms with Gasteiger partial charge in [-0.3, -0.25) is 9.69 Å². The molecule has 2 aromatic rings. The maximum Gasteiger partial charge on any atom is 0.471 e. The maximum absolute atomic E-state index is 13.7. The van der Waals surface area contributed by atoms with Gasteiger partial charge in [-0.2, -0.15) is 13.2 Å². The molecule has 0 N–H and O–H groups in total. The number of carbonyl (C=O) groups is 2. The number of hydrogen-bond donors (Lipinski definition) is 0. The zero-order chi connectivity index (χ0) is 27.3. The average molecular weight is 564 g/mol. The minimum Gasteiger partial charge on any atom is -0.462 e. The third-order valence-corrected chi connectivity index (χ3v) is 9.54. The average Bonchev–Trinajstić information content (AvgIpc) is 3.26. The predicted molar refractivity (Wildman–Crippen MR) is 148 cm³/mol. The first-order valence-electron chi connectivity index (χ1n) is 11.4. The molecule has 0 aromatic heterocycles. The van der Waals surface area contributed by atoms with Crippen LogP contribution in [0.3, 0.4) is 0 Å². The number of halogens is 3. The monoisotopic (exact) mass is 563 g/mol. The molecular formula is C27H24F3NO3S3. The summed E-state index contributed by atoms with van der Waals surface area (Å²) >= 11 is 8.33. The fourth-order valence-electron chi connectivity index (χ4n) is 4.22. The van der Waals surface area contributed by atoms with E-state index in [0.29, 0.717) is 25.2 Å². The lowest BCUT2D eigenvalue weighted by Gasteiger charge is -2.45. The first kappa shape index (κ1) is 27.5. The first-order valence-corrected chi connectivity index (χ1v) is 13.5. The second kappa shape index (κ2) is 9.96. The number of alkyl halides is 3. The molecule has 0 saturated carbocycles.